The van der Waals surface area contributed by atoms with Crippen LogP contribution in [0.25, 0.3) is 5.57 Å². The molecule has 0 N–H and O–H groups in total. The number of carbonyl (C=O) groups is 2. The third kappa shape index (κ3) is 4.19. The number of anilines is 1. The number of piperidine rings is 1. The van der Waals surface area contributed by atoms with Crippen molar-refractivity contribution in [1.29, 1.82) is 0 Å². The lowest BCUT2D eigenvalue weighted by Crippen LogP contribution is -2.38. The topological polar surface area (TPSA) is 49.9 Å². The molecule has 31 heavy (non-hydrogen) atoms. The Bertz CT molecular complexity index is 1020. The molecule has 2 aliphatic heterocycles. The molecule has 4 rings (SSSR count). The molecule has 0 spiro atoms. The minimum atomic E-state index is -0.333. The Hall–Kier alpha value is -2.79. The fourth-order valence-corrected chi connectivity index (χ4v) is 4.26. The molecule has 0 unspecified atom stereocenters. The molecule has 0 aliphatic carbocycles. The summed E-state index contributed by atoms with van der Waals surface area (Å²) >= 11 is 6.07. The first-order valence-corrected chi connectivity index (χ1v) is 11.1. The Morgan fingerprint density at radius 3 is 2.26 bits per heavy atom. The Labute approximate surface area is 188 Å². The number of carbonyl (C=O) groups excluding carboxylic acids is 2. The van der Waals surface area contributed by atoms with E-state index >= 15 is 0 Å². The van der Waals surface area contributed by atoms with Crippen molar-refractivity contribution in [2.45, 2.75) is 39.7 Å². The first kappa shape index (κ1) is 21.4. The fraction of sp³-hybridized carbons (Fsp3) is 0.360. The van der Waals surface area contributed by atoms with Gasteiger partial charge in [0.25, 0.3) is 11.8 Å². The molecular weight excluding hydrogens is 412 g/mol. The number of imide groups is 1. The molecule has 0 radical (unpaired) electrons. The summed E-state index contributed by atoms with van der Waals surface area (Å²) in [7, 11) is 0. The van der Waals surface area contributed by atoms with Gasteiger partial charge >= 0.3 is 0 Å². The van der Waals surface area contributed by atoms with Gasteiger partial charge in [-0.25, -0.2) is 4.90 Å². The third-order valence-corrected chi connectivity index (χ3v) is 6.01. The van der Waals surface area contributed by atoms with E-state index in [4.69, 9.17) is 16.3 Å². The van der Waals surface area contributed by atoms with Gasteiger partial charge in [-0.05, 0) is 62.4 Å². The van der Waals surface area contributed by atoms with E-state index in [9.17, 15) is 9.59 Å². The van der Waals surface area contributed by atoms with Crippen molar-refractivity contribution >= 4 is 34.7 Å². The van der Waals surface area contributed by atoms with Gasteiger partial charge in [0.1, 0.15) is 11.4 Å². The molecule has 2 aromatic carbocycles. The standard InChI is InChI=1S/C25H27ClN2O3/c1-16(2)31-21-7-5-4-6-20(21)28-24(29)22(18-8-10-19(26)11-9-18)23(25(28)30)27-14-12-17(3)13-15-27/h4-11,16-17H,12-15H2,1-3H3. The highest BCUT2D eigenvalue weighted by Crippen LogP contribution is 2.40. The van der Waals surface area contributed by atoms with Crippen LogP contribution < -0.4 is 9.64 Å². The van der Waals surface area contributed by atoms with Crippen LogP contribution in [0.1, 0.15) is 39.2 Å². The van der Waals surface area contributed by atoms with Gasteiger partial charge in [-0.15, -0.1) is 0 Å². The number of hydrogen-bond donors (Lipinski definition) is 0. The fourth-order valence-electron chi connectivity index (χ4n) is 4.13. The molecule has 0 aromatic heterocycles. The smallest absolute Gasteiger partial charge is 0.282 e. The lowest BCUT2D eigenvalue weighted by molar-refractivity contribution is -0.120. The number of likely N-dealkylation sites (tertiary alicyclic amines) is 1. The number of para-hydroxylation sites is 2. The highest BCUT2D eigenvalue weighted by atomic mass is 35.5. The third-order valence-electron chi connectivity index (χ3n) is 5.76. The average molecular weight is 439 g/mol. The van der Waals surface area contributed by atoms with Gasteiger partial charge in [-0.1, -0.05) is 42.8 Å². The number of hydrogen-bond acceptors (Lipinski definition) is 4. The predicted octanol–water partition coefficient (Wildman–Crippen LogP) is 5.14. The van der Waals surface area contributed by atoms with Gasteiger partial charge < -0.3 is 9.64 Å². The normalized spacial score (nSPS) is 17.8. The monoisotopic (exact) mass is 438 g/mol. The number of benzene rings is 2. The summed E-state index contributed by atoms with van der Waals surface area (Å²) in [5, 5.41) is 0.585. The lowest BCUT2D eigenvalue weighted by Gasteiger charge is -2.32. The maximum atomic E-state index is 13.7. The second-order valence-corrected chi connectivity index (χ2v) is 8.92. The minimum Gasteiger partial charge on any atom is -0.489 e. The van der Waals surface area contributed by atoms with Gasteiger partial charge in [0.2, 0.25) is 0 Å². The molecule has 5 nitrogen and oxygen atoms in total. The van der Waals surface area contributed by atoms with Crippen LogP contribution in [-0.4, -0.2) is 35.9 Å². The van der Waals surface area contributed by atoms with Gasteiger partial charge in [0.05, 0.1) is 17.4 Å². The molecule has 6 heteroatoms. The SMILES string of the molecule is CC1CCN(C2=C(c3ccc(Cl)cc3)C(=O)N(c3ccccc3OC(C)C)C2=O)CC1. The molecular formula is C25H27ClN2O3. The average Bonchev–Trinajstić information content (AvgIpc) is 2.99. The van der Waals surface area contributed by atoms with Crippen LogP contribution in [-0.2, 0) is 9.59 Å². The second kappa shape index (κ2) is 8.75. The molecule has 2 heterocycles. The molecule has 2 aliphatic rings. The molecule has 162 valence electrons. The number of amides is 2. The summed E-state index contributed by atoms with van der Waals surface area (Å²) in [4.78, 5) is 30.7. The van der Waals surface area contributed by atoms with E-state index in [-0.39, 0.29) is 17.9 Å². The number of ether oxygens (including phenoxy) is 1. The van der Waals surface area contributed by atoms with Crippen molar-refractivity contribution in [1.82, 2.24) is 4.90 Å². The van der Waals surface area contributed by atoms with Crippen LogP contribution in [0.3, 0.4) is 0 Å². The Balaban J connectivity index is 1.80. The van der Waals surface area contributed by atoms with E-state index in [1.165, 1.54) is 4.90 Å². The molecule has 0 atom stereocenters. The Morgan fingerprint density at radius 2 is 1.61 bits per heavy atom. The summed E-state index contributed by atoms with van der Waals surface area (Å²) in [6, 6.07) is 14.3. The van der Waals surface area contributed by atoms with Crippen molar-refractivity contribution in [3.8, 4) is 5.75 Å². The van der Waals surface area contributed by atoms with Crippen LogP contribution in [0, 0.1) is 5.92 Å². The van der Waals surface area contributed by atoms with E-state index < -0.39 is 0 Å². The van der Waals surface area contributed by atoms with Gasteiger partial charge in [0, 0.05) is 18.1 Å². The Morgan fingerprint density at radius 1 is 0.968 bits per heavy atom. The van der Waals surface area contributed by atoms with Crippen LogP contribution in [0.4, 0.5) is 5.69 Å². The van der Waals surface area contributed by atoms with Crippen LogP contribution >= 0.6 is 11.6 Å². The molecule has 1 fully saturated rings. The van der Waals surface area contributed by atoms with E-state index in [2.05, 4.69) is 11.8 Å². The summed E-state index contributed by atoms with van der Waals surface area (Å²) in [6.07, 6.45) is 1.90. The molecule has 1 saturated heterocycles. The quantitative estimate of drug-likeness (QED) is 0.606. The highest BCUT2D eigenvalue weighted by molar-refractivity contribution is 6.45. The van der Waals surface area contributed by atoms with E-state index in [1.807, 2.05) is 26.0 Å². The maximum absolute atomic E-state index is 13.7. The summed E-state index contributed by atoms with van der Waals surface area (Å²) in [6.45, 7) is 7.57. The number of halogens is 1. The van der Waals surface area contributed by atoms with Crippen molar-refractivity contribution in [2.75, 3.05) is 18.0 Å². The zero-order valence-corrected chi connectivity index (χ0v) is 18.9. The summed E-state index contributed by atoms with van der Waals surface area (Å²) < 4.78 is 5.91. The molecule has 0 bridgehead atoms. The van der Waals surface area contributed by atoms with Gasteiger partial charge in [-0.2, -0.15) is 0 Å². The van der Waals surface area contributed by atoms with E-state index in [0.29, 0.717) is 39.2 Å². The van der Waals surface area contributed by atoms with Crippen molar-refractivity contribution in [2.24, 2.45) is 5.92 Å². The first-order valence-electron chi connectivity index (χ1n) is 10.8. The lowest BCUT2D eigenvalue weighted by atomic mass is 9.97. The van der Waals surface area contributed by atoms with Crippen molar-refractivity contribution in [3.05, 3.63) is 64.8 Å². The molecule has 2 amide bonds. The maximum Gasteiger partial charge on any atom is 0.282 e. The summed E-state index contributed by atoms with van der Waals surface area (Å²) in [5.74, 6) is 0.493. The van der Waals surface area contributed by atoms with Crippen molar-refractivity contribution < 1.29 is 14.3 Å². The van der Waals surface area contributed by atoms with Crippen molar-refractivity contribution in [3.63, 3.8) is 0 Å². The van der Waals surface area contributed by atoms with Gasteiger partial charge in [-0.3, -0.25) is 9.59 Å². The second-order valence-electron chi connectivity index (χ2n) is 8.48. The predicted molar refractivity (Wildman–Crippen MR) is 123 cm³/mol. The van der Waals surface area contributed by atoms with E-state index in [1.54, 1.807) is 36.4 Å². The summed E-state index contributed by atoms with van der Waals surface area (Å²) in [5.41, 5.74) is 2.06. The highest BCUT2D eigenvalue weighted by Gasteiger charge is 2.43. The zero-order chi connectivity index (χ0) is 22.1. The van der Waals surface area contributed by atoms with Crippen LogP contribution in [0.5, 0.6) is 5.75 Å². The van der Waals surface area contributed by atoms with E-state index in [0.717, 1.165) is 25.9 Å². The molecule has 0 saturated carbocycles. The zero-order valence-electron chi connectivity index (χ0n) is 18.1. The molecule has 2 aromatic rings. The largest absolute Gasteiger partial charge is 0.489 e. The first-order chi connectivity index (χ1) is 14.9. The Kier molecular flexibility index (Phi) is 6.05. The number of nitrogens with zero attached hydrogens (tertiary/aromatic N) is 2. The minimum absolute atomic E-state index is 0.0827. The number of rotatable bonds is 5. The van der Waals surface area contributed by atoms with Gasteiger partial charge in [0.15, 0.2) is 0 Å². The van der Waals surface area contributed by atoms with Crippen LogP contribution in [0.2, 0.25) is 5.02 Å². The van der Waals surface area contributed by atoms with Crippen LogP contribution in [0.15, 0.2) is 54.2 Å².